The number of carbonyl (C=O) groups excluding carboxylic acids is 4. The molecule has 8 atom stereocenters. The van der Waals surface area contributed by atoms with Gasteiger partial charge in [0.05, 0.1) is 44.2 Å². The van der Waals surface area contributed by atoms with E-state index in [0.29, 0.717) is 17.9 Å². The lowest BCUT2D eigenvalue weighted by molar-refractivity contribution is -0.159. The monoisotopic (exact) mass is 737 g/mol. The van der Waals surface area contributed by atoms with Gasteiger partial charge in [-0.15, -0.1) is 13.2 Å². The number of anilines is 1. The van der Waals surface area contributed by atoms with Gasteiger partial charge in [0, 0.05) is 23.5 Å². The zero-order chi connectivity index (χ0) is 35.3. The quantitative estimate of drug-likeness (QED) is 0.152. The van der Waals surface area contributed by atoms with Crippen molar-refractivity contribution in [3.8, 4) is 5.75 Å². The molecule has 3 heterocycles. The van der Waals surface area contributed by atoms with Crippen LogP contribution in [0.4, 0.5) is 5.69 Å². The van der Waals surface area contributed by atoms with Gasteiger partial charge in [0.25, 0.3) is 5.91 Å². The van der Waals surface area contributed by atoms with Crippen LogP contribution in [0.3, 0.4) is 0 Å². The Labute approximate surface area is 295 Å². The fourth-order valence-corrected chi connectivity index (χ4v) is 8.35. The Kier molecular flexibility index (Phi) is 11.6. The normalized spacial score (nSPS) is 26.4. The summed E-state index contributed by atoms with van der Waals surface area (Å²) in [7, 11) is 1.55. The fraction of sp³-hybridized carbons (Fsp3) is 0.459. The van der Waals surface area contributed by atoms with Crippen LogP contribution in [-0.2, 0) is 35.1 Å². The van der Waals surface area contributed by atoms with Crippen LogP contribution in [0.1, 0.15) is 31.7 Å². The molecule has 0 aliphatic carbocycles. The maximum absolute atomic E-state index is 14.9. The zero-order valence-electron chi connectivity index (χ0n) is 27.8. The van der Waals surface area contributed by atoms with Gasteiger partial charge in [0.2, 0.25) is 11.8 Å². The Morgan fingerprint density at radius 1 is 1.16 bits per heavy atom. The van der Waals surface area contributed by atoms with Gasteiger partial charge in [-0.1, -0.05) is 58.4 Å². The molecule has 3 saturated heterocycles. The highest BCUT2D eigenvalue weighted by Crippen LogP contribution is 2.61. The van der Waals surface area contributed by atoms with E-state index in [1.165, 1.54) is 9.80 Å². The van der Waals surface area contributed by atoms with Gasteiger partial charge < -0.3 is 34.4 Å². The molecule has 2 bridgehead atoms. The first kappa shape index (κ1) is 36.3. The molecule has 12 heteroatoms. The van der Waals surface area contributed by atoms with Crippen molar-refractivity contribution in [1.29, 1.82) is 0 Å². The molecule has 49 heavy (non-hydrogen) atoms. The predicted octanol–water partition coefficient (Wildman–Crippen LogP) is 3.58. The summed E-state index contributed by atoms with van der Waals surface area (Å²) in [6, 6.07) is 14.4. The second-order valence-corrected chi connectivity index (χ2v) is 13.9. The number of carbonyl (C=O) groups is 4. The lowest BCUT2D eigenvalue weighted by Crippen LogP contribution is -2.59. The van der Waals surface area contributed by atoms with Crippen LogP contribution in [-0.4, -0.2) is 95.2 Å². The number of hydrogen-bond donors (Lipinski definition) is 2. The van der Waals surface area contributed by atoms with E-state index in [1.54, 1.807) is 50.5 Å². The van der Waals surface area contributed by atoms with Crippen molar-refractivity contribution in [2.45, 2.75) is 67.3 Å². The number of amides is 3. The van der Waals surface area contributed by atoms with Gasteiger partial charge in [-0.2, -0.15) is 0 Å². The van der Waals surface area contributed by atoms with Crippen LogP contribution >= 0.6 is 15.9 Å². The fourth-order valence-electron chi connectivity index (χ4n) is 7.41. The van der Waals surface area contributed by atoms with Crippen LogP contribution in [0.2, 0.25) is 0 Å². The molecular formula is C37H44BrN3O8. The molecule has 0 radical (unpaired) electrons. The van der Waals surface area contributed by atoms with Crippen LogP contribution < -0.4 is 15.0 Å². The van der Waals surface area contributed by atoms with Crippen molar-refractivity contribution >= 4 is 45.3 Å². The molecule has 3 amide bonds. The number of hydrogen-bond acceptors (Lipinski definition) is 8. The Bertz CT molecular complexity index is 1540. The van der Waals surface area contributed by atoms with E-state index in [2.05, 4.69) is 34.4 Å². The highest BCUT2D eigenvalue weighted by atomic mass is 79.9. The van der Waals surface area contributed by atoms with Crippen molar-refractivity contribution in [1.82, 2.24) is 10.2 Å². The maximum atomic E-state index is 14.9. The molecule has 0 saturated carbocycles. The summed E-state index contributed by atoms with van der Waals surface area (Å²) >= 11 is 3.70. The molecular weight excluding hydrogens is 694 g/mol. The van der Waals surface area contributed by atoms with Gasteiger partial charge in [-0.25, -0.2) is 0 Å². The molecule has 5 rings (SSSR count). The number of rotatable bonds is 16. The number of halogens is 1. The number of likely N-dealkylation sites (tertiary alicyclic amines) is 1. The van der Waals surface area contributed by atoms with Gasteiger partial charge >= 0.3 is 5.97 Å². The Morgan fingerprint density at radius 3 is 2.51 bits per heavy atom. The number of aliphatic hydroxyl groups excluding tert-OH is 1. The van der Waals surface area contributed by atoms with Gasteiger partial charge in [-0.3, -0.25) is 19.2 Å². The van der Waals surface area contributed by atoms with E-state index in [4.69, 9.17) is 14.2 Å². The minimum Gasteiger partial charge on any atom is -0.497 e. The maximum Gasteiger partial charge on any atom is 0.312 e. The molecule has 11 nitrogen and oxygen atoms in total. The van der Waals surface area contributed by atoms with Gasteiger partial charge in [0.15, 0.2) is 0 Å². The number of nitrogens with zero attached hydrogens (tertiary/aromatic N) is 2. The number of methoxy groups -OCH3 is 1. The number of aliphatic hydroxyl groups is 1. The van der Waals surface area contributed by atoms with Crippen molar-refractivity contribution in [2.24, 2.45) is 11.8 Å². The van der Waals surface area contributed by atoms with E-state index in [-0.39, 0.29) is 43.1 Å². The first-order valence-electron chi connectivity index (χ1n) is 16.5. The molecule has 2 N–H and O–H groups in total. The summed E-state index contributed by atoms with van der Waals surface area (Å²) in [6.07, 6.45) is 3.19. The Balaban J connectivity index is 1.51. The molecule has 2 aromatic carbocycles. The second-order valence-electron chi connectivity index (χ2n) is 12.7. The molecule has 3 aliphatic heterocycles. The third-order valence-corrected chi connectivity index (χ3v) is 10.4. The molecule has 1 spiro atoms. The third kappa shape index (κ3) is 7.18. The molecule has 1 unspecified atom stereocenters. The smallest absolute Gasteiger partial charge is 0.312 e. The lowest BCUT2D eigenvalue weighted by Gasteiger charge is -2.39. The first-order valence-corrected chi connectivity index (χ1v) is 17.4. The average molecular weight is 739 g/mol. The minimum absolute atomic E-state index is 0.0940. The number of ether oxygens (including phenoxy) is 3. The van der Waals surface area contributed by atoms with Crippen molar-refractivity contribution in [3.63, 3.8) is 0 Å². The van der Waals surface area contributed by atoms with E-state index < -0.39 is 66.1 Å². The Morgan fingerprint density at radius 2 is 1.88 bits per heavy atom. The van der Waals surface area contributed by atoms with Crippen LogP contribution in [0, 0.1) is 11.8 Å². The summed E-state index contributed by atoms with van der Waals surface area (Å²) in [6.45, 7) is 8.97. The van der Waals surface area contributed by atoms with E-state index >= 15 is 0 Å². The predicted molar refractivity (Wildman–Crippen MR) is 187 cm³/mol. The number of esters is 1. The summed E-state index contributed by atoms with van der Waals surface area (Å²) < 4.78 is 17.8. The zero-order valence-corrected chi connectivity index (χ0v) is 29.4. The number of benzene rings is 2. The van der Waals surface area contributed by atoms with Crippen molar-refractivity contribution in [2.75, 3.05) is 31.7 Å². The largest absolute Gasteiger partial charge is 0.497 e. The van der Waals surface area contributed by atoms with Crippen LogP contribution in [0.15, 0.2) is 79.9 Å². The molecule has 3 fully saturated rings. The second kappa shape index (κ2) is 15.7. The van der Waals surface area contributed by atoms with Crippen LogP contribution in [0.5, 0.6) is 5.75 Å². The van der Waals surface area contributed by atoms with Crippen molar-refractivity contribution in [3.05, 3.63) is 85.5 Å². The molecule has 262 valence electrons. The van der Waals surface area contributed by atoms with E-state index in [9.17, 15) is 24.3 Å². The van der Waals surface area contributed by atoms with E-state index in [0.717, 1.165) is 5.56 Å². The number of alkyl halides is 1. The van der Waals surface area contributed by atoms with E-state index in [1.807, 2.05) is 30.3 Å². The SMILES string of the molecule is C=CCCC(=O)NC[C@@H](C)OC(=O)[C@@H]1[C@H]2O[C@@]3(CC2Br)[C@H](C(=O)N(CC=C)c2ccc(OC)cc2)N([C@@H](CO)Cc2ccccc2)C(=O)[C@@H]13. The van der Waals surface area contributed by atoms with Gasteiger partial charge in [0.1, 0.15) is 23.5 Å². The highest BCUT2D eigenvalue weighted by molar-refractivity contribution is 9.09. The minimum atomic E-state index is -1.38. The summed E-state index contributed by atoms with van der Waals surface area (Å²) in [5.41, 5.74) is 0.0515. The summed E-state index contributed by atoms with van der Waals surface area (Å²) in [4.78, 5) is 58.4. The molecule has 0 aromatic heterocycles. The number of fused-ring (bicyclic) bond motifs is 1. The molecule has 2 aromatic rings. The summed E-state index contributed by atoms with van der Waals surface area (Å²) in [5.74, 6) is -3.14. The molecule has 3 aliphatic rings. The van der Waals surface area contributed by atoms with Crippen LogP contribution in [0.25, 0.3) is 0 Å². The lowest BCUT2D eigenvalue weighted by atomic mass is 9.70. The Hall–Kier alpha value is -4.00. The third-order valence-electron chi connectivity index (χ3n) is 9.59. The highest BCUT2D eigenvalue weighted by Gasteiger charge is 2.77. The van der Waals surface area contributed by atoms with Crippen molar-refractivity contribution < 1.29 is 38.5 Å². The number of nitrogens with one attached hydrogen (secondary N) is 1. The summed E-state index contributed by atoms with van der Waals surface area (Å²) in [5, 5.41) is 13.5. The standard InChI is InChI=1S/C37H44BrN3O8/c1-5-7-13-29(43)39-21-23(3)48-36(46)30-31-34(44)41(26(22-42)19-24-11-9-8-10-12-24)33(37(31)20-28(38)32(30)49-37)35(45)40(18-6-2)25-14-16-27(47-4)17-15-25/h5-6,8-12,14-17,23,26,28,30-33,42H,1-2,7,13,18-22H2,3-4H3,(H,39,43)/t23-,26-,28?,30+,31-,32+,33+,37-/m1/s1. The van der Waals surface area contributed by atoms with Gasteiger partial charge in [-0.05, 0) is 56.0 Å². The number of allylic oxidation sites excluding steroid dienone is 1. The topological polar surface area (TPSA) is 135 Å². The average Bonchev–Trinajstić information content (AvgIpc) is 3.71. The first-order chi connectivity index (χ1) is 23.6.